The SMILES string of the molecule is CCn1c(=O)sc2cc(NS(=O)(=O)c3ccc(OC)c(C(=O)NC(C)C)c3)ccc21. The standard InChI is InChI=1S/C20H23N3O5S2/c1-5-23-16-8-6-13(10-18(16)29-20(23)25)22-30(26,27)14-7-9-17(28-4)15(11-14)19(24)21-12(2)3/h6-12,22H,5H2,1-4H3,(H,21,24). The Bertz CT molecular complexity index is 1260. The van der Waals surface area contributed by atoms with E-state index in [1.165, 1.54) is 25.3 Å². The summed E-state index contributed by atoms with van der Waals surface area (Å²) >= 11 is 1.06. The molecule has 1 heterocycles. The number of aromatic nitrogens is 1. The maximum absolute atomic E-state index is 12.9. The Labute approximate surface area is 178 Å². The van der Waals surface area contributed by atoms with Crippen LogP contribution in [0, 0.1) is 0 Å². The van der Waals surface area contributed by atoms with Crippen molar-refractivity contribution < 1.29 is 17.9 Å². The van der Waals surface area contributed by atoms with Gasteiger partial charge >= 0.3 is 4.87 Å². The fourth-order valence-electron chi connectivity index (χ4n) is 3.02. The maximum Gasteiger partial charge on any atom is 0.308 e. The van der Waals surface area contributed by atoms with E-state index >= 15 is 0 Å². The van der Waals surface area contributed by atoms with E-state index in [9.17, 15) is 18.0 Å². The highest BCUT2D eigenvalue weighted by molar-refractivity contribution is 7.92. The fourth-order valence-corrected chi connectivity index (χ4v) is 5.08. The molecule has 30 heavy (non-hydrogen) atoms. The van der Waals surface area contributed by atoms with Crippen LogP contribution in [0.2, 0.25) is 0 Å². The highest BCUT2D eigenvalue weighted by Crippen LogP contribution is 2.26. The van der Waals surface area contributed by atoms with Crippen molar-refractivity contribution in [1.29, 1.82) is 0 Å². The van der Waals surface area contributed by atoms with Gasteiger partial charge in [-0.05, 0) is 57.2 Å². The Balaban J connectivity index is 1.96. The van der Waals surface area contributed by atoms with Crippen LogP contribution < -0.4 is 19.6 Å². The third-order valence-corrected chi connectivity index (χ3v) is 6.70. The van der Waals surface area contributed by atoms with E-state index < -0.39 is 15.9 Å². The fraction of sp³-hybridized carbons (Fsp3) is 0.300. The van der Waals surface area contributed by atoms with Gasteiger partial charge in [-0.1, -0.05) is 11.3 Å². The quantitative estimate of drug-likeness (QED) is 0.577. The van der Waals surface area contributed by atoms with Crippen LogP contribution in [0.15, 0.2) is 46.1 Å². The molecule has 0 unspecified atom stereocenters. The summed E-state index contributed by atoms with van der Waals surface area (Å²) in [5.74, 6) is -0.148. The molecule has 0 radical (unpaired) electrons. The van der Waals surface area contributed by atoms with Crippen LogP contribution in [0.25, 0.3) is 10.2 Å². The van der Waals surface area contributed by atoms with Crippen LogP contribution in [0.5, 0.6) is 5.75 Å². The molecular formula is C20H23N3O5S2. The van der Waals surface area contributed by atoms with Crippen molar-refractivity contribution in [3.05, 3.63) is 51.6 Å². The smallest absolute Gasteiger partial charge is 0.308 e. The maximum atomic E-state index is 12.9. The van der Waals surface area contributed by atoms with Crippen molar-refractivity contribution in [1.82, 2.24) is 9.88 Å². The highest BCUT2D eigenvalue weighted by Gasteiger charge is 2.21. The molecule has 3 rings (SSSR count). The van der Waals surface area contributed by atoms with Crippen molar-refractivity contribution in [2.45, 2.75) is 38.3 Å². The number of fused-ring (bicyclic) bond motifs is 1. The van der Waals surface area contributed by atoms with E-state index in [0.29, 0.717) is 16.9 Å². The van der Waals surface area contributed by atoms with Gasteiger partial charge in [-0.15, -0.1) is 0 Å². The minimum Gasteiger partial charge on any atom is -0.496 e. The summed E-state index contributed by atoms with van der Waals surface area (Å²) in [6, 6.07) is 8.93. The minimum absolute atomic E-state index is 0.0726. The first-order valence-electron chi connectivity index (χ1n) is 9.31. The second-order valence-corrected chi connectivity index (χ2v) is 9.57. The first kappa shape index (κ1) is 21.8. The molecule has 10 heteroatoms. The highest BCUT2D eigenvalue weighted by atomic mass is 32.2. The molecule has 0 saturated heterocycles. The molecule has 0 fully saturated rings. The van der Waals surface area contributed by atoms with Gasteiger partial charge in [0.15, 0.2) is 0 Å². The second-order valence-electron chi connectivity index (χ2n) is 6.89. The third-order valence-electron chi connectivity index (χ3n) is 4.38. The number of aryl methyl sites for hydroxylation is 1. The third kappa shape index (κ3) is 4.34. The summed E-state index contributed by atoms with van der Waals surface area (Å²) in [6.07, 6.45) is 0. The number of amides is 1. The van der Waals surface area contributed by atoms with Gasteiger partial charge in [0, 0.05) is 12.6 Å². The number of rotatable bonds is 7. The van der Waals surface area contributed by atoms with Crippen molar-refractivity contribution >= 4 is 43.2 Å². The van der Waals surface area contributed by atoms with Gasteiger partial charge in [0.1, 0.15) is 5.75 Å². The molecule has 8 nitrogen and oxygen atoms in total. The molecule has 0 aliphatic carbocycles. The Morgan fingerprint density at radius 3 is 2.57 bits per heavy atom. The molecule has 2 aromatic carbocycles. The van der Waals surface area contributed by atoms with E-state index in [-0.39, 0.29) is 27.1 Å². The van der Waals surface area contributed by atoms with Gasteiger partial charge in [0.05, 0.1) is 33.5 Å². The second kappa shape index (κ2) is 8.49. The molecule has 0 bridgehead atoms. The van der Waals surface area contributed by atoms with Gasteiger partial charge in [0.25, 0.3) is 15.9 Å². The van der Waals surface area contributed by atoms with E-state index in [2.05, 4.69) is 10.0 Å². The van der Waals surface area contributed by atoms with Crippen LogP contribution in [-0.2, 0) is 16.6 Å². The summed E-state index contributed by atoms with van der Waals surface area (Å²) in [7, 11) is -2.55. The number of methoxy groups -OCH3 is 1. The van der Waals surface area contributed by atoms with Gasteiger partial charge in [-0.2, -0.15) is 0 Å². The van der Waals surface area contributed by atoms with Crippen LogP contribution in [0.3, 0.4) is 0 Å². The number of hydrogen-bond donors (Lipinski definition) is 2. The molecule has 1 aromatic heterocycles. The van der Waals surface area contributed by atoms with Crippen LogP contribution in [0.4, 0.5) is 5.69 Å². The molecule has 2 N–H and O–H groups in total. The zero-order valence-corrected chi connectivity index (χ0v) is 18.7. The lowest BCUT2D eigenvalue weighted by Crippen LogP contribution is -2.30. The Kier molecular flexibility index (Phi) is 6.18. The van der Waals surface area contributed by atoms with Crippen molar-refractivity contribution in [2.75, 3.05) is 11.8 Å². The minimum atomic E-state index is -3.97. The molecule has 0 aliphatic rings. The lowest BCUT2D eigenvalue weighted by Gasteiger charge is -2.14. The first-order chi connectivity index (χ1) is 14.2. The first-order valence-corrected chi connectivity index (χ1v) is 11.6. The number of anilines is 1. The molecule has 0 aliphatic heterocycles. The van der Waals surface area contributed by atoms with Crippen molar-refractivity contribution in [2.24, 2.45) is 0 Å². The van der Waals surface area contributed by atoms with Crippen LogP contribution in [-0.4, -0.2) is 32.0 Å². The molecule has 1 amide bonds. The number of nitrogens with zero attached hydrogens (tertiary/aromatic N) is 1. The number of carbonyl (C=O) groups is 1. The Morgan fingerprint density at radius 2 is 1.93 bits per heavy atom. The number of benzene rings is 2. The monoisotopic (exact) mass is 449 g/mol. The van der Waals surface area contributed by atoms with E-state index in [0.717, 1.165) is 16.9 Å². The topological polar surface area (TPSA) is 106 Å². The van der Waals surface area contributed by atoms with E-state index in [1.54, 1.807) is 22.8 Å². The van der Waals surface area contributed by atoms with Gasteiger partial charge in [-0.3, -0.25) is 18.9 Å². The summed E-state index contributed by atoms with van der Waals surface area (Å²) in [5.41, 5.74) is 1.21. The van der Waals surface area contributed by atoms with Gasteiger partial charge < -0.3 is 10.1 Å². The predicted molar refractivity (Wildman–Crippen MR) is 118 cm³/mol. The normalized spacial score (nSPS) is 11.6. The zero-order chi connectivity index (χ0) is 22.1. The molecular weight excluding hydrogens is 426 g/mol. The average molecular weight is 450 g/mol. The number of nitrogens with one attached hydrogen (secondary N) is 2. The number of sulfonamides is 1. The lowest BCUT2D eigenvalue weighted by atomic mass is 10.2. The van der Waals surface area contributed by atoms with Crippen LogP contribution in [0.1, 0.15) is 31.1 Å². The van der Waals surface area contributed by atoms with Gasteiger partial charge in [0.2, 0.25) is 0 Å². The van der Waals surface area contributed by atoms with E-state index in [4.69, 9.17) is 4.74 Å². The summed E-state index contributed by atoms with van der Waals surface area (Å²) in [6.45, 7) is 6.03. The molecule has 0 spiro atoms. The zero-order valence-electron chi connectivity index (χ0n) is 17.1. The summed E-state index contributed by atoms with van der Waals surface area (Å²) in [4.78, 5) is 24.3. The van der Waals surface area contributed by atoms with E-state index in [1.807, 2.05) is 20.8 Å². The molecule has 160 valence electrons. The molecule has 3 aromatic rings. The summed E-state index contributed by atoms with van der Waals surface area (Å²) < 4.78 is 35.9. The number of thiazole rings is 1. The Hall–Kier alpha value is -2.85. The molecule has 0 atom stereocenters. The van der Waals surface area contributed by atoms with Crippen molar-refractivity contribution in [3.8, 4) is 5.75 Å². The molecule has 0 saturated carbocycles. The lowest BCUT2D eigenvalue weighted by molar-refractivity contribution is 0.0940. The number of carbonyl (C=O) groups excluding carboxylic acids is 1. The van der Waals surface area contributed by atoms with Crippen LogP contribution >= 0.6 is 11.3 Å². The summed E-state index contributed by atoms with van der Waals surface area (Å²) in [5, 5.41) is 2.73. The largest absolute Gasteiger partial charge is 0.496 e. The average Bonchev–Trinajstić information content (AvgIpc) is 3.00. The van der Waals surface area contributed by atoms with Crippen molar-refractivity contribution in [3.63, 3.8) is 0 Å². The number of hydrogen-bond acceptors (Lipinski definition) is 6. The van der Waals surface area contributed by atoms with Gasteiger partial charge in [-0.25, -0.2) is 8.42 Å². The predicted octanol–water partition coefficient (Wildman–Crippen LogP) is 3.03. The number of ether oxygens (including phenoxy) is 1. The Morgan fingerprint density at radius 1 is 1.20 bits per heavy atom.